The second kappa shape index (κ2) is 4.58. The fraction of sp³-hybridized carbons (Fsp3) is 0.778. The SMILES string of the molecule is C#CC(N)[Si](CC)(CC)CC. The van der Waals surface area contributed by atoms with Crippen molar-refractivity contribution in [2.24, 2.45) is 5.73 Å². The summed E-state index contributed by atoms with van der Waals surface area (Å²) in [5.41, 5.74) is 5.97. The van der Waals surface area contributed by atoms with E-state index in [1.54, 1.807) is 0 Å². The second-order valence-electron chi connectivity index (χ2n) is 3.07. The van der Waals surface area contributed by atoms with Gasteiger partial charge in [0, 0.05) is 0 Å². The Kier molecular flexibility index (Phi) is 4.47. The van der Waals surface area contributed by atoms with Crippen LogP contribution in [0.15, 0.2) is 0 Å². The van der Waals surface area contributed by atoms with Crippen molar-refractivity contribution in [3.8, 4) is 12.3 Å². The lowest BCUT2D eigenvalue weighted by Crippen LogP contribution is -2.50. The van der Waals surface area contributed by atoms with Gasteiger partial charge >= 0.3 is 0 Å². The molecular formula is C9H19NSi. The second-order valence-corrected chi connectivity index (χ2v) is 8.54. The van der Waals surface area contributed by atoms with E-state index in [9.17, 15) is 0 Å². The van der Waals surface area contributed by atoms with Crippen molar-refractivity contribution >= 4 is 8.07 Å². The molecule has 0 aliphatic heterocycles. The molecule has 64 valence electrons. The zero-order valence-electron chi connectivity index (χ0n) is 7.85. The molecular weight excluding hydrogens is 150 g/mol. The molecule has 11 heavy (non-hydrogen) atoms. The summed E-state index contributed by atoms with van der Waals surface area (Å²) in [5.74, 6) is 2.70. The summed E-state index contributed by atoms with van der Waals surface area (Å²) in [7, 11) is -1.28. The summed E-state index contributed by atoms with van der Waals surface area (Å²) in [6.07, 6.45) is 5.34. The van der Waals surface area contributed by atoms with E-state index in [-0.39, 0.29) is 5.67 Å². The molecule has 0 saturated heterocycles. The van der Waals surface area contributed by atoms with Crippen LogP contribution in [0.25, 0.3) is 0 Å². The predicted octanol–water partition coefficient (Wildman–Crippen LogP) is 1.99. The lowest BCUT2D eigenvalue weighted by atomic mass is 10.7. The molecule has 0 aromatic carbocycles. The number of rotatable bonds is 4. The highest BCUT2D eigenvalue weighted by atomic mass is 28.3. The smallest absolute Gasteiger partial charge is 0.0869 e. The van der Waals surface area contributed by atoms with Gasteiger partial charge in [-0.3, -0.25) is 0 Å². The molecule has 1 atom stereocenters. The predicted molar refractivity (Wildman–Crippen MR) is 54.0 cm³/mol. The van der Waals surface area contributed by atoms with Gasteiger partial charge in [-0.1, -0.05) is 44.8 Å². The average Bonchev–Trinajstić information content (AvgIpc) is 2.08. The van der Waals surface area contributed by atoms with Crippen LogP contribution in [0, 0.1) is 12.3 Å². The van der Waals surface area contributed by atoms with Crippen molar-refractivity contribution in [2.75, 3.05) is 0 Å². The van der Waals surface area contributed by atoms with Gasteiger partial charge in [-0.2, -0.15) is 0 Å². The molecule has 0 aliphatic carbocycles. The highest BCUT2D eigenvalue weighted by Gasteiger charge is 2.32. The molecule has 2 N–H and O–H groups in total. The minimum Gasteiger partial charge on any atom is -0.320 e. The Morgan fingerprint density at radius 1 is 1.27 bits per heavy atom. The molecule has 0 amide bonds. The van der Waals surface area contributed by atoms with Crippen LogP contribution in [-0.2, 0) is 0 Å². The van der Waals surface area contributed by atoms with E-state index in [2.05, 4.69) is 26.7 Å². The zero-order valence-corrected chi connectivity index (χ0v) is 8.85. The molecule has 1 nitrogen and oxygen atoms in total. The van der Waals surface area contributed by atoms with E-state index in [1.165, 1.54) is 18.1 Å². The average molecular weight is 169 g/mol. The Bertz CT molecular complexity index is 136. The van der Waals surface area contributed by atoms with E-state index in [4.69, 9.17) is 12.2 Å². The summed E-state index contributed by atoms with van der Waals surface area (Å²) >= 11 is 0. The maximum absolute atomic E-state index is 5.91. The zero-order chi connectivity index (χ0) is 8.91. The molecule has 0 saturated carbocycles. The van der Waals surface area contributed by atoms with Crippen molar-refractivity contribution in [1.29, 1.82) is 0 Å². The Morgan fingerprint density at radius 3 is 1.73 bits per heavy atom. The monoisotopic (exact) mass is 169 g/mol. The number of hydrogen-bond donors (Lipinski definition) is 1. The Hall–Kier alpha value is -0.263. The molecule has 0 spiro atoms. The molecule has 2 heteroatoms. The molecule has 0 aromatic heterocycles. The molecule has 0 aliphatic rings. The number of hydrogen-bond acceptors (Lipinski definition) is 1. The topological polar surface area (TPSA) is 26.0 Å². The van der Waals surface area contributed by atoms with E-state index < -0.39 is 8.07 Å². The largest absolute Gasteiger partial charge is 0.320 e. The summed E-state index contributed by atoms with van der Waals surface area (Å²) < 4.78 is 0. The van der Waals surface area contributed by atoms with Gasteiger partial charge in [-0.25, -0.2) is 0 Å². The standard InChI is InChI=1S/C9H19NSi/c1-5-9(10)11(6-2,7-3)8-4/h1,9H,6-8,10H2,2-4H3. The van der Waals surface area contributed by atoms with Crippen molar-refractivity contribution in [2.45, 2.75) is 44.6 Å². The third-order valence-corrected chi connectivity index (χ3v) is 8.66. The van der Waals surface area contributed by atoms with Crippen molar-refractivity contribution in [1.82, 2.24) is 0 Å². The number of terminal acetylenes is 1. The summed E-state index contributed by atoms with van der Waals surface area (Å²) in [6, 6.07) is 3.64. The third-order valence-electron chi connectivity index (χ3n) is 2.95. The fourth-order valence-corrected chi connectivity index (χ4v) is 4.76. The maximum atomic E-state index is 5.91. The first kappa shape index (κ1) is 10.7. The van der Waals surface area contributed by atoms with E-state index in [1.807, 2.05) is 0 Å². The minimum atomic E-state index is -1.28. The highest BCUT2D eigenvalue weighted by molar-refractivity contribution is 6.81. The van der Waals surface area contributed by atoms with Crippen LogP contribution in [0.4, 0.5) is 0 Å². The molecule has 0 rings (SSSR count). The van der Waals surface area contributed by atoms with Crippen LogP contribution < -0.4 is 5.73 Å². The van der Waals surface area contributed by atoms with Crippen LogP contribution in [0.3, 0.4) is 0 Å². The van der Waals surface area contributed by atoms with Gasteiger partial charge in [0.2, 0.25) is 0 Å². The lowest BCUT2D eigenvalue weighted by molar-refractivity contribution is 1.01. The van der Waals surface area contributed by atoms with Gasteiger partial charge in [0.15, 0.2) is 0 Å². The van der Waals surface area contributed by atoms with Gasteiger partial charge in [-0.15, -0.1) is 6.42 Å². The summed E-state index contributed by atoms with van der Waals surface area (Å²) in [6.45, 7) is 6.66. The number of nitrogens with two attached hydrogens (primary N) is 1. The first-order chi connectivity index (χ1) is 5.16. The molecule has 0 fully saturated rings. The first-order valence-corrected chi connectivity index (χ1v) is 7.08. The first-order valence-electron chi connectivity index (χ1n) is 4.38. The van der Waals surface area contributed by atoms with Gasteiger partial charge in [0.05, 0.1) is 13.7 Å². The molecule has 0 radical (unpaired) electrons. The van der Waals surface area contributed by atoms with Crippen LogP contribution in [0.5, 0.6) is 0 Å². The van der Waals surface area contributed by atoms with Gasteiger partial charge in [-0.05, 0) is 0 Å². The Morgan fingerprint density at radius 2 is 1.64 bits per heavy atom. The van der Waals surface area contributed by atoms with E-state index in [0.717, 1.165) is 0 Å². The normalized spacial score (nSPS) is 14.1. The Labute approximate surface area is 71.4 Å². The highest BCUT2D eigenvalue weighted by Crippen LogP contribution is 2.22. The van der Waals surface area contributed by atoms with E-state index in [0.29, 0.717) is 0 Å². The Balaban J connectivity index is 4.42. The van der Waals surface area contributed by atoms with Crippen LogP contribution in [0.2, 0.25) is 18.1 Å². The molecule has 0 bridgehead atoms. The van der Waals surface area contributed by atoms with Gasteiger partial charge in [0.1, 0.15) is 0 Å². The third kappa shape index (κ3) is 2.08. The van der Waals surface area contributed by atoms with Crippen LogP contribution in [-0.4, -0.2) is 13.7 Å². The minimum absolute atomic E-state index is 0.0579. The lowest BCUT2D eigenvalue weighted by Gasteiger charge is -2.30. The van der Waals surface area contributed by atoms with E-state index >= 15 is 0 Å². The molecule has 0 heterocycles. The van der Waals surface area contributed by atoms with Crippen molar-refractivity contribution < 1.29 is 0 Å². The van der Waals surface area contributed by atoms with Crippen molar-refractivity contribution in [3.05, 3.63) is 0 Å². The van der Waals surface area contributed by atoms with Crippen molar-refractivity contribution in [3.63, 3.8) is 0 Å². The molecule has 1 unspecified atom stereocenters. The fourth-order valence-electron chi connectivity index (χ4n) is 1.59. The van der Waals surface area contributed by atoms with Crippen LogP contribution in [0.1, 0.15) is 20.8 Å². The van der Waals surface area contributed by atoms with Gasteiger partial charge < -0.3 is 5.73 Å². The molecule has 0 aromatic rings. The van der Waals surface area contributed by atoms with Crippen LogP contribution >= 0.6 is 0 Å². The quantitative estimate of drug-likeness (QED) is 0.505. The summed E-state index contributed by atoms with van der Waals surface area (Å²) in [5, 5.41) is 0. The summed E-state index contributed by atoms with van der Waals surface area (Å²) in [4.78, 5) is 0. The maximum Gasteiger partial charge on any atom is 0.0869 e. The van der Waals surface area contributed by atoms with Gasteiger partial charge in [0.25, 0.3) is 0 Å².